The van der Waals surface area contributed by atoms with Gasteiger partial charge in [0, 0.05) is 12.6 Å². The molecule has 0 saturated heterocycles. The number of hydrogen-bond acceptors (Lipinski definition) is 3. The van der Waals surface area contributed by atoms with Gasteiger partial charge in [0.1, 0.15) is 5.58 Å². The summed E-state index contributed by atoms with van der Waals surface area (Å²) in [5, 5.41) is 3.35. The van der Waals surface area contributed by atoms with Crippen molar-refractivity contribution < 1.29 is 9.21 Å². The highest BCUT2D eigenvalue weighted by molar-refractivity contribution is 5.93. The zero-order valence-corrected chi connectivity index (χ0v) is 11.9. The van der Waals surface area contributed by atoms with E-state index in [2.05, 4.69) is 5.32 Å². The molecule has 1 saturated carbocycles. The molecule has 1 aliphatic rings. The highest BCUT2D eigenvalue weighted by atomic mass is 16.3. The van der Waals surface area contributed by atoms with Crippen molar-refractivity contribution in [2.24, 2.45) is 5.92 Å². The van der Waals surface area contributed by atoms with Gasteiger partial charge >= 0.3 is 0 Å². The van der Waals surface area contributed by atoms with Crippen LogP contribution in [0.5, 0.6) is 0 Å². The van der Waals surface area contributed by atoms with Gasteiger partial charge < -0.3 is 9.73 Å². The van der Waals surface area contributed by atoms with Gasteiger partial charge in [-0.1, -0.05) is 37.8 Å². The second-order valence-corrected chi connectivity index (χ2v) is 5.67. The molecule has 1 aromatic carbocycles. The molecule has 1 N–H and O–H groups in total. The lowest BCUT2D eigenvalue weighted by Crippen LogP contribution is -2.26. The Morgan fingerprint density at radius 3 is 2.81 bits per heavy atom. The lowest BCUT2D eigenvalue weighted by Gasteiger charge is -2.09. The predicted octanol–water partition coefficient (Wildman–Crippen LogP) is 3.10. The molecule has 1 fully saturated rings. The van der Waals surface area contributed by atoms with E-state index in [1.165, 1.54) is 31.7 Å². The molecular formula is C17H19NO3. The first-order chi connectivity index (χ1) is 10.2. The molecule has 0 bridgehead atoms. The van der Waals surface area contributed by atoms with Crippen LogP contribution in [0.1, 0.15) is 42.7 Å². The zero-order valence-electron chi connectivity index (χ0n) is 11.9. The van der Waals surface area contributed by atoms with Crippen LogP contribution >= 0.6 is 0 Å². The molecule has 1 aliphatic carbocycles. The number of fused-ring (bicyclic) bond motifs is 1. The van der Waals surface area contributed by atoms with Crippen molar-refractivity contribution in [3.8, 4) is 0 Å². The topological polar surface area (TPSA) is 59.3 Å². The van der Waals surface area contributed by atoms with Crippen LogP contribution in [0.3, 0.4) is 0 Å². The fourth-order valence-corrected chi connectivity index (χ4v) is 2.99. The molecule has 4 nitrogen and oxygen atoms in total. The maximum absolute atomic E-state index is 12.1. The highest BCUT2D eigenvalue weighted by Crippen LogP contribution is 2.26. The number of carbonyl (C=O) groups is 1. The summed E-state index contributed by atoms with van der Waals surface area (Å²) in [7, 11) is 0. The average molecular weight is 285 g/mol. The maximum atomic E-state index is 12.1. The second-order valence-electron chi connectivity index (χ2n) is 5.67. The summed E-state index contributed by atoms with van der Waals surface area (Å²) < 4.78 is 5.51. The number of para-hydroxylation sites is 1. The summed E-state index contributed by atoms with van der Waals surface area (Å²) in [5.74, 6) is 0.509. The fraction of sp³-hybridized carbons (Fsp3) is 0.412. The van der Waals surface area contributed by atoms with E-state index in [0.29, 0.717) is 17.5 Å². The number of amides is 1. The minimum absolute atomic E-state index is 0.0881. The molecule has 0 unspecified atom stereocenters. The van der Waals surface area contributed by atoms with Crippen LogP contribution in [0.2, 0.25) is 0 Å². The molecule has 1 aromatic heterocycles. The van der Waals surface area contributed by atoms with Gasteiger partial charge in [-0.3, -0.25) is 9.59 Å². The Kier molecular flexibility index (Phi) is 4.04. The van der Waals surface area contributed by atoms with Crippen molar-refractivity contribution in [3.05, 3.63) is 46.3 Å². The van der Waals surface area contributed by atoms with E-state index in [-0.39, 0.29) is 17.1 Å². The van der Waals surface area contributed by atoms with Crippen LogP contribution < -0.4 is 10.7 Å². The van der Waals surface area contributed by atoms with E-state index in [9.17, 15) is 9.59 Å². The van der Waals surface area contributed by atoms with Crippen molar-refractivity contribution in [1.29, 1.82) is 0 Å². The average Bonchev–Trinajstić information content (AvgIpc) is 3.00. The molecule has 2 aromatic rings. The van der Waals surface area contributed by atoms with Crippen molar-refractivity contribution in [1.82, 2.24) is 5.32 Å². The lowest BCUT2D eigenvalue weighted by molar-refractivity contribution is 0.0924. The molecular weight excluding hydrogens is 266 g/mol. The molecule has 0 radical (unpaired) electrons. The van der Waals surface area contributed by atoms with Gasteiger partial charge in [0.15, 0.2) is 11.2 Å². The SMILES string of the molecule is O=C(NCCC1CCCC1)c1cc(=O)c2ccccc2o1. The van der Waals surface area contributed by atoms with E-state index in [0.717, 1.165) is 12.3 Å². The molecule has 110 valence electrons. The second kappa shape index (κ2) is 6.12. The third kappa shape index (κ3) is 3.15. The monoisotopic (exact) mass is 285 g/mol. The highest BCUT2D eigenvalue weighted by Gasteiger charge is 2.16. The zero-order chi connectivity index (χ0) is 14.7. The first-order valence-electron chi connectivity index (χ1n) is 7.55. The van der Waals surface area contributed by atoms with Crippen LogP contribution in [0.25, 0.3) is 11.0 Å². The third-order valence-corrected chi connectivity index (χ3v) is 4.17. The molecule has 21 heavy (non-hydrogen) atoms. The quantitative estimate of drug-likeness (QED) is 0.939. The number of nitrogens with one attached hydrogen (secondary N) is 1. The summed E-state index contributed by atoms with van der Waals surface area (Å²) in [6.45, 7) is 0.639. The summed E-state index contributed by atoms with van der Waals surface area (Å²) in [5.41, 5.74) is 0.267. The van der Waals surface area contributed by atoms with Gasteiger partial charge in [-0.05, 0) is 24.5 Å². The Balaban J connectivity index is 1.68. The van der Waals surface area contributed by atoms with Gasteiger partial charge in [-0.25, -0.2) is 0 Å². The molecule has 1 amide bonds. The minimum atomic E-state index is -0.309. The third-order valence-electron chi connectivity index (χ3n) is 4.17. The standard InChI is InChI=1S/C17H19NO3/c19-14-11-16(21-15-8-4-3-7-13(14)15)17(20)18-10-9-12-5-1-2-6-12/h3-4,7-8,11-12H,1-2,5-6,9-10H2,(H,18,20). The Labute approximate surface area is 123 Å². The van der Waals surface area contributed by atoms with Crippen molar-refractivity contribution in [2.75, 3.05) is 6.54 Å². The molecule has 4 heteroatoms. The van der Waals surface area contributed by atoms with E-state index in [1.807, 2.05) is 0 Å². The van der Waals surface area contributed by atoms with Crippen molar-refractivity contribution in [3.63, 3.8) is 0 Å². The van der Waals surface area contributed by atoms with Gasteiger partial charge in [0.2, 0.25) is 0 Å². The number of benzene rings is 1. The Bertz CT molecular complexity index is 698. The number of hydrogen-bond donors (Lipinski definition) is 1. The Morgan fingerprint density at radius 2 is 2.00 bits per heavy atom. The van der Waals surface area contributed by atoms with Crippen molar-refractivity contribution in [2.45, 2.75) is 32.1 Å². The summed E-state index contributed by atoms with van der Waals surface area (Å²) in [4.78, 5) is 24.0. The molecule has 0 spiro atoms. The Hall–Kier alpha value is -2.10. The van der Waals surface area contributed by atoms with Crippen LogP contribution in [0.15, 0.2) is 39.5 Å². The Morgan fingerprint density at radius 1 is 1.24 bits per heavy atom. The maximum Gasteiger partial charge on any atom is 0.287 e. The van der Waals surface area contributed by atoms with E-state index in [4.69, 9.17) is 4.42 Å². The van der Waals surface area contributed by atoms with Crippen LogP contribution in [-0.2, 0) is 0 Å². The van der Waals surface area contributed by atoms with Crippen LogP contribution in [-0.4, -0.2) is 12.5 Å². The van der Waals surface area contributed by atoms with Gasteiger partial charge in [0.25, 0.3) is 5.91 Å². The lowest BCUT2D eigenvalue weighted by atomic mass is 10.0. The van der Waals surface area contributed by atoms with E-state index >= 15 is 0 Å². The summed E-state index contributed by atoms with van der Waals surface area (Å²) in [6.07, 6.45) is 6.14. The first-order valence-corrected chi connectivity index (χ1v) is 7.55. The predicted molar refractivity (Wildman–Crippen MR) is 81.4 cm³/mol. The van der Waals surface area contributed by atoms with Crippen LogP contribution in [0, 0.1) is 5.92 Å². The normalized spacial score (nSPS) is 15.4. The first kappa shape index (κ1) is 13.9. The minimum Gasteiger partial charge on any atom is -0.451 e. The van der Waals surface area contributed by atoms with Gasteiger partial charge in [-0.2, -0.15) is 0 Å². The van der Waals surface area contributed by atoms with Crippen LogP contribution in [0.4, 0.5) is 0 Å². The number of rotatable bonds is 4. The number of carbonyl (C=O) groups excluding carboxylic acids is 1. The largest absolute Gasteiger partial charge is 0.451 e. The van der Waals surface area contributed by atoms with E-state index < -0.39 is 0 Å². The smallest absolute Gasteiger partial charge is 0.287 e. The summed E-state index contributed by atoms with van der Waals surface area (Å²) in [6, 6.07) is 8.23. The fourth-order valence-electron chi connectivity index (χ4n) is 2.99. The van der Waals surface area contributed by atoms with Gasteiger partial charge in [-0.15, -0.1) is 0 Å². The van der Waals surface area contributed by atoms with Gasteiger partial charge in [0.05, 0.1) is 5.39 Å². The molecule has 1 heterocycles. The summed E-state index contributed by atoms with van der Waals surface area (Å²) >= 11 is 0. The molecule has 0 atom stereocenters. The van der Waals surface area contributed by atoms with Crippen molar-refractivity contribution >= 4 is 16.9 Å². The van der Waals surface area contributed by atoms with E-state index in [1.54, 1.807) is 24.3 Å². The molecule has 3 rings (SSSR count). The molecule has 0 aliphatic heterocycles.